The molecule has 0 aliphatic carbocycles. The van der Waals surface area contributed by atoms with Gasteiger partial charge in [-0.05, 0) is 31.8 Å². The summed E-state index contributed by atoms with van der Waals surface area (Å²) >= 11 is 0. The molecule has 1 atom stereocenters. The van der Waals surface area contributed by atoms with Gasteiger partial charge in [-0.25, -0.2) is 0 Å². The molecule has 1 amide bonds. The molecule has 17 heavy (non-hydrogen) atoms. The lowest BCUT2D eigenvalue weighted by atomic mass is 10.1. The lowest BCUT2D eigenvalue weighted by Gasteiger charge is -2.09. The molecule has 1 aliphatic heterocycles. The molecule has 2 heterocycles. The number of carbonyl (C=O) groups is 1. The Morgan fingerprint density at radius 1 is 1.71 bits per heavy atom. The average molecular weight is 236 g/mol. The van der Waals surface area contributed by atoms with Gasteiger partial charge >= 0.3 is 0 Å². The molecule has 5 heteroatoms. The number of amides is 1. The third-order valence-corrected chi connectivity index (χ3v) is 3.20. The van der Waals surface area contributed by atoms with Gasteiger partial charge in [-0.2, -0.15) is 5.10 Å². The van der Waals surface area contributed by atoms with Gasteiger partial charge in [0.1, 0.15) is 0 Å². The first kappa shape index (κ1) is 12.1. The van der Waals surface area contributed by atoms with E-state index in [1.54, 1.807) is 10.9 Å². The molecule has 1 aliphatic rings. The minimum atomic E-state index is 0.00171. The highest BCUT2D eigenvalue weighted by Gasteiger charge is 2.18. The Hall–Kier alpha value is -1.36. The first-order valence-corrected chi connectivity index (χ1v) is 6.22. The first-order chi connectivity index (χ1) is 8.20. The van der Waals surface area contributed by atoms with Crippen LogP contribution in [-0.2, 0) is 13.5 Å². The number of carbonyl (C=O) groups excluding carboxylic acids is 1. The Bertz CT molecular complexity index is 393. The van der Waals surface area contributed by atoms with Gasteiger partial charge in [-0.15, -0.1) is 0 Å². The fourth-order valence-corrected chi connectivity index (χ4v) is 2.21. The number of nitrogens with one attached hydrogen (secondary N) is 2. The molecule has 0 bridgehead atoms. The summed E-state index contributed by atoms with van der Waals surface area (Å²) in [5.41, 5.74) is 1.58. The summed E-state index contributed by atoms with van der Waals surface area (Å²) < 4.78 is 1.70. The zero-order valence-corrected chi connectivity index (χ0v) is 10.5. The number of hydrogen-bond acceptors (Lipinski definition) is 3. The van der Waals surface area contributed by atoms with Gasteiger partial charge < -0.3 is 10.6 Å². The number of aromatic nitrogens is 2. The third kappa shape index (κ3) is 2.85. The number of hydrogen-bond donors (Lipinski definition) is 2. The Kier molecular flexibility index (Phi) is 3.78. The van der Waals surface area contributed by atoms with Crippen molar-refractivity contribution >= 4 is 5.91 Å². The molecule has 2 rings (SSSR count). The van der Waals surface area contributed by atoms with Gasteiger partial charge in [0.2, 0.25) is 0 Å². The molecular formula is C12H20N4O. The molecule has 2 N–H and O–H groups in total. The SMILES string of the molecule is CCc1nn(C)cc1C(=O)NCC1CCNC1. The largest absolute Gasteiger partial charge is 0.352 e. The van der Waals surface area contributed by atoms with Crippen LogP contribution < -0.4 is 10.6 Å². The number of rotatable bonds is 4. The summed E-state index contributed by atoms with van der Waals surface area (Å²) in [6.45, 7) is 4.84. The normalized spacial score (nSPS) is 19.5. The van der Waals surface area contributed by atoms with Gasteiger partial charge in [0.05, 0.1) is 11.3 Å². The Morgan fingerprint density at radius 2 is 2.53 bits per heavy atom. The monoisotopic (exact) mass is 236 g/mol. The molecule has 94 valence electrons. The van der Waals surface area contributed by atoms with Crippen molar-refractivity contribution in [1.82, 2.24) is 20.4 Å². The molecular weight excluding hydrogens is 216 g/mol. The van der Waals surface area contributed by atoms with Crippen LogP contribution in [-0.4, -0.2) is 35.3 Å². The molecule has 1 fully saturated rings. The fraction of sp³-hybridized carbons (Fsp3) is 0.667. The van der Waals surface area contributed by atoms with Crippen LogP contribution in [0.4, 0.5) is 0 Å². The zero-order chi connectivity index (χ0) is 12.3. The maximum Gasteiger partial charge on any atom is 0.254 e. The van der Waals surface area contributed by atoms with Crippen LogP contribution in [0.15, 0.2) is 6.20 Å². The smallest absolute Gasteiger partial charge is 0.254 e. The van der Waals surface area contributed by atoms with Crippen molar-refractivity contribution in [1.29, 1.82) is 0 Å². The van der Waals surface area contributed by atoms with Crippen LogP contribution in [0, 0.1) is 5.92 Å². The first-order valence-electron chi connectivity index (χ1n) is 6.22. The molecule has 0 spiro atoms. The van der Waals surface area contributed by atoms with E-state index in [4.69, 9.17) is 0 Å². The van der Waals surface area contributed by atoms with Crippen molar-refractivity contribution in [3.05, 3.63) is 17.5 Å². The predicted octanol–water partition coefficient (Wildman–Crippen LogP) is 0.322. The molecule has 0 aromatic carbocycles. The maximum absolute atomic E-state index is 12.0. The van der Waals surface area contributed by atoms with E-state index in [1.165, 1.54) is 0 Å². The molecule has 1 unspecified atom stereocenters. The van der Waals surface area contributed by atoms with E-state index in [0.717, 1.165) is 38.2 Å². The van der Waals surface area contributed by atoms with Crippen LogP contribution in [0.3, 0.4) is 0 Å². The molecule has 1 aromatic heterocycles. The lowest BCUT2D eigenvalue weighted by molar-refractivity contribution is 0.0947. The van der Waals surface area contributed by atoms with Crippen molar-refractivity contribution < 1.29 is 4.79 Å². The Morgan fingerprint density at radius 3 is 3.18 bits per heavy atom. The van der Waals surface area contributed by atoms with Crippen LogP contribution in [0.2, 0.25) is 0 Å². The second-order valence-corrected chi connectivity index (χ2v) is 4.59. The quantitative estimate of drug-likeness (QED) is 0.791. The van der Waals surface area contributed by atoms with Crippen molar-refractivity contribution in [2.24, 2.45) is 13.0 Å². The van der Waals surface area contributed by atoms with Gasteiger partial charge in [-0.1, -0.05) is 6.92 Å². The van der Waals surface area contributed by atoms with E-state index < -0.39 is 0 Å². The molecule has 0 radical (unpaired) electrons. The lowest BCUT2D eigenvalue weighted by Crippen LogP contribution is -2.30. The van der Waals surface area contributed by atoms with E-state index >= 15 is 0 Å². The van der Waals surface area contributed by atoms with Crippen LogP contribution in [0.1, 0.15) is 29.4 Å². The van der Waals surface area contributed by atoms with Crippen LogP contribution in [0.25, 0.3) is 0 Å². The van der Waals surface area contributed by atoms with Crippen molar-refractivity contribution in [2.75, 3.05) is 19.6 Å². The highest BCUT2D eigenvalue weighted by molar-refractivity contribution is 5.95. The summed E-state index contributed by atoms with van der Waals surface area (Å²) in [6, 6.07) is 0. The van der Waals surface area contributed by atoms with Gasteiger partial charge in [-0.3, -0.25) is 9.48 Å². The summed E-state index contributed by atoms with van der Waals surface area (Å²) in [5.74, 6) is 0.572. The summed E-state index contributed by atoms with van der Waals surface area (Å²) in [4.78, 5) is 12.0. The standard InChI is InChI=1S/C12H20N4O/c1-3-11-10(8-16(2)15-11)12(17)14-7-9-4-5-13-6-9/h8-9,13H,3-7H2,1-2H3,(H,14,17). The molecule has 0 saturated carbocycles. The molecule has 1 aromatic rings. The molecule has 1 saturated heterocycles. The third-order valence-electron chi connectivity index (χ3n) is 3.20. The number of nitrogens with zero attached hydrogens (tertiary/aromatic N) is 2. The number of aryl methyl sites for hydroxylation is 2. The average Bonchev–Trinajstić information content (AvgIpc) is 2.94. The summed E-state index contributed by atoms with van der Waals surface area (Å²) in [5, 5.41) is 10.6. The van der Waals surface area contributed by atoms with Crippen molar-refractivity contribution in [3.63, 3.8) is 0 Å². The van der Waals surface area contributed by atoms with E-state index in [9.17, 15) is 4.79 Å². The van der Waals surface area contributed by atoms with Gasteiger partial charge in [0, 0.05) is 19.8 Å². The fourth-order valence-electron chi connectivity index (χ4n) is 2.21. The molecule has 5 nitrogen and oxygen atoms in total. The maximum atomic E-state index is 12.0. The topological polar surface area (TPSA) is 59.0 Å². The highest BCUT2D eigenvalue weighted by Crippen LogP contribution is 2.09. The van der Waals surface area contributed by atoms with E-state index in [1.807, 2.05) is 14.0 Å². The van der Waals surface area contributed by atoms with Gasteiger partial charge in [0.25, 0.3) is 5.91 Å². The minimum absolute atomic E-state index is 0.00171. The van der Waals surface area contributed by atoms with Crippen molar-refractivity contribution in [3.8, 4) is 0 Å². The van der Waals surface area contributed by atoms with Crippen LogP contribution in [0.5, 0.6) is 0 Å². The highest BCUT2D eigenvalue weighted by atomic mass is 16.1. The van der Waals surface area contributed by atoms with Gasteiger partial charge in [0.15, 0.2) is 0 Å². The second kappa shape index (κ2) is 5.31. The van der Waals surface area contributed by atoms with Crippen LogP contribution >= 0.6 is 0 Å². The predicted molar refractivity (Wildman–Crippen MR) is 65.9 cm³/mol. The Balaban J connectivity index is 1.93. The zero-order valence-electron chi connectivity index (χ0n) is 10.5. The minimum Gasteiger partial charge on any atom is -0.352 e. The summed E-state index contributed by atoms with van der Waals surface area (Å²) in [6.07, 6.45) is 3.73. The van der Waals surface area contributed by atoms with E-state index in [0.29, 0.717) is 11.5 Å². The second-order valence-electron chi connectivity index (χ2n) is 4.59. The van der Waals surface area contributed by atoms with E-state index in [2.05, 4.69) is 15.7 Å². The Labute approximate surface area is 102 Å². The van der Waals surface area contributed by atoms with E-state index in [-0.39, 0.29) is 5.91 Å². The van der Waals surface area contributed by atoms with Crippen molar-refractivity contribution in [2.45, 2.75) is 19.8 Å². The summed E-state index contributed by atoms with van der Waals surface area (Å²) in [7, 11) is 1.84.